The number of imide groups is 1. The second kappa shape index (κ2) is 9.26. The Balaban J connectivity index is 1.93. The number of benzene rings is 1. The summed E-state index contributed by atoms with van der Waals surface area (Å²) in [6.45, 7) is 3.05. The number of thiophene rings is 1. The van der Waals surface area contributed by atoms with Gasteiger partial charge in [0.15, 0.2) is 9.84 Å². The smallest absolute Gasteiger partial charge is 0.264 e. The van der Waals surface area contributed by atoms with Crippen LogP contribution in [-0.4, -0.2) is 53.6 Å². The van der Waals surface area contributed by atoms with Crippen molar-refractivity contribution in [3.63, 3.8) is 0 Å². The molecule has 3 amide bonds. The fourth-order valence-electron chi connectivity index (χ4n) is 4.42. The van der Waals surface area contributed by atoms with Crippen LogP contribution < -0.4 is 11.2 Å². The van der Waals surface area contributed by atoms with Gasteiger partial charge in [-0.3, -0.25) is 24.5 Å². The molecule has 174 valence electrons. The molecule has 1 aliphatic heterocycles. The Bertz CT molecular complexity index is 1130. The normalized spacial score (nSPS) is 17.7. The molecule has 0 saturated carbocycles. The van der Waals surface area contributed by atoms with Gasteiger partial charge in [-0.1, -0.05) is 19.9 Å². The second-order valence-corrected chi connectivity index (χ2v) is 11.5. The number of fused-ring (bicyclic) bond motifs is 1. The third-order valence-corrected chi connectivity index (χ3v) is 9.19. The van der Waals surface area contributed by atoms with E-state index in [-0.39, 0.29) is 31.6 Å². The molecule has 0 aliphatic carbocycles. The van der Waals surface area contributed by atoms with Crippen molar-refractivity contribution in [1.82, 2.24) is 10.4 Å². The highest BCUT2D eigenvalue weighted by Gasteiger charge is 2.51. The van der Waals surface area contributed by atoms with Crippen LogP contribution in [0.15, 0.2) is 29.6 Å². The quantitative estimate of drug-likeness (QED) is 0.280. The van der Waals surface area contributed by atoms with E-state index in [1.807, 2.05) is 17.5 Å². The average molecular weight is 482 g/mol. The lowest BCUT2D eigenvalue weighted by molar-refractivity contribution is -0.141. The van der Waals surface area contributed by atoms with E-state index < -0.39 is 44.3 Å². The van der Waals surface area contributed by atoms with Gasteiger partial charge < -0.3 is 5.73 Å². The Morgan fingerprint density at radius 1 is 1.25 bits per heavy atom. The lowest BCUT2D eigenvalue weighted by Gasteiger charge is -2.38. The highest BCUT2D eigenvalue weighted by atomic mass is 32.2. The standard InChI is InChI=1S/C21H27N3O6S2/c1-13(2)19(32(29,30)12-14-3-4-16-15(11-14)7-10-31-16)21(22,20(27)23-28)8-9-24-17(25)5-6-18(24)26/h3-4,7,10-11,13,19,28H,5-6,8-9,12,22H2,1-2H3,(H,23,27). The van der Waals surface area contributed by atoms with Crippen molar-refractivity contribution in [2.24, 2.45) is 11.7 Å². The number of sulfone groups is 1. The number of nitrogens with one attached hydrogen (secondary N) is 1. The molecular weight excluding hydrogens is 454 g/mol. The summed E-state index contributed by atoms with van der Waals surface area (Å²) in [5.74, 6) is -2.80. The van der Waals surface area contributed by atoms with Gasteiger partial charge in [-0.15, -0.1) is 11.3 Å². The van der Waals surface area contributed by atoms with E-state index >= 15 is 0 Å². The van der Waals surface area contributed by atoms with Gasteiger partial charge in [0.1, 0.15) is 5.54 Å². The Morgan fingerprint density at radius 2 is 1.91 bits per heavy atom. The zero-order valence-electron chi connectivity index (χ0n) is 17.9. The SMILES string of the molecule is CC(C)C(C(N)(CCN1C(=O)CCC1=O)C(=O)NO)S(=O)(=O)Cc1ccc2sccc2c1. The van der Waals surface area contributed by atoms with Crippen LogP contribution >= 0.6 is 11.3 Å². The molecule has 1 fully saturated rings. The number of rotatable bonds is 9. The van der Waals surface area contributed by atoms with Crippen LogP contribution in [0.3, 0.4) is 0 Å². The summed E-state index contributed by atoms with van der Waals surface area (Å²) in [5, 5.41) is 10.8. The number of hydrogen-bond donors (Lipinski definition) is 3. The largest absolute Gasteiger partial charge is 0.316 e. The molecule has 3 rings (SSSR count). The molecule has 11 heteroatoms. The zero-order chi connectivity index (χ0) is 23.7. The van der Waals surface area contributed by atoms with E-state index in [2.05, 4.69) is 0 Å². The number of carbonyl (C=O) groups excluding carboxylic acids is 3. The molecule has 1 aromatic heterocycles. The molecule has 2 unspecified atom stereocenters. The number of hydrogen-bond acceptors (Lipinski definition) is 8. The number of carbonyl (C=O) groups is 3. The maximum atomic E-state index is 13.5. The predicted molar refractivity (Wildman–Crippen MR) is 120 cm³/mol. The topological polar surface area (TPSA) is 147 Å². The van der Waals surface area contributed by atoms with Gasteiger partial charge in [-0.2, -0.15) is 0 Å². The second-order valence-electron chi connectivity index (χ2n) is 8.44. The molecule has 0 radical (unpaired) electrons. The van der Waals surface area contributed by atoms with E-state index in [1.165, 1.54) is 5.48 Å². The van der Waals surface area contributed by atoms with Crippen molar-refractivity contribution in [3.05, 3.63) is 35.2 Å². The minimum Gasteiger partial charge on any atom is -0.316 e. The maximum Gasteiger partial charge on any atom is 0.264 e. The fraction of sp³-hybridized carbons (Fsp3) is 0.476. The van der Waals surface area contributed by atoms with Crippen LogP contribution in [0.4, 0.5) is 0 Å². The lowest BCUT2D eigenvalue weighted by Crippen LogP contribution is -2.65. The third-order valence-electron chi connectivity index (χ3n) is 5.81. The van der Waals surface area contributed by atoms with Gasteiger partial charge in [0.05, 0.1) is 11.0 Å². The number of nitrogens with zero attached hydrogens (tertiary/aromatic N) is 1. The molecule has 32 heavy (non-hydrogen) atoms. The monoisotopic (exact) mass is 481 g/mol. The van der Waals surface area contributed by atoms with Gasteiger partial charge in [0.25, 0.3) is 5.91 Å². The molecule has 2 aromatic rings. The van der Waals surface area contributed by atoms with Crippen molar-refractivity contribution in [2.45, 2.75) is 49.7 Å². The van der Waals surface area contributed by atoms with Gasteiger partial charge in [-0.25, -0.2) is 13.9 Å². The molecule has 1 aromatic carbocycles. The molecule has 4 N–H and O–H groups in total. The number of amides is 3. The lowest BCUT2D eigenvalue weighted by atomic mass is 9.85. The third kappa shape index (κ3) is 4.70. The van der Waals surface area contributed by atoms with Crippen LogP contribution in [0, 0.1) is 5.92 Å². The van der Waals surface area contributed by atoms with Crippen molar-refractivity contribution in [1.29, 1.82) is 0 Å². The molecule has 2 heterocycles. The Morgan fingerprint density at radius 3 is 2.50 bits per heavy atom. The summed E-state index contributed by atoms with van der Waals surface area (Å²) in [6, 6.07) is 7.24. The van der Waals surface area contributed by atoms with E-state index in [0.29, 0.717) is 5.56 Å². The molecule has 0 spiro atoms. The number of likely N-dealkylation sites (tertiary alicyclic amines) is 1. The first kappa shape index (κ1) is 24.3. The maximum absolute atomic E-state index is 13.5. The van der Waals surface area contributed by atoms with Gasteiger partial charge in [0, 0.05) is 24.1 Å². The first-order valence-electron chi connectivity index (χ1n) is 10.2. The molecule has 0 bridgehead atoms. The number of nitrogens with two attached hydrogens (primary N) is 1. The van der Waals surface area contributed by atoms with Crippen molar-refractivity contribution in [2.75, 3.05) is 6.54 Å². The summed E-state index contributed by atoms with van der Waals surface area (Å²) >= 11 is 1.55. The Hall–Kier alpha value is -2.34. The molecule has 1 aliphatic rings. The molecule has 1 saturated heterocycles. The van der Waals surface area contributed by atoms with E-state index in [4.69, 9.17) is 5.73 Å². The summed E-state index contributed by atoms with van der Waals surface area (Å²) < 4.78 is 28.1. The minimum atomic E-state index is -3.99. The fourth-order valence-corrected chi connectivity index (χ4v) is 7.71. The van der Waals surface area contributed by atoms with Crippen LogP contribution in [0.1, 0.15) is 38.7 Å². The predicted octanol–water partition coefficient (Wildman–Crippen LogP) is 1.58. The highest BCUT2D eigenvalue weighted by Crippen LogP contribution is 2.31. The van der Waals surface area contributed by atoms with E-state index in [0.717, 1.165) is 15.0 Å². The highest BCUT2D eigenvalue weighted by molar-refractivity contribution is 7.91. The van der Waals surface area contributed by atoms with Crippen LogP contribution in [-0.2, 0) is 30.0 Å². The molecular formula is C21H27N3O6S2. The van der Waals surface area contributed by atoms with Crippen LogP contribution in [0.5, 0.6) is 0 Å². The van der Waals surface area contributed by atoms with E-state index in [9.17, 15) is 28.0 Å². The Labute approximate surface area is 190 Å². The first-order valence-corrected chi connectivity index (χ1v) is 12.8. The van der Waals surface area contributed by atoms with E-state index in [1.54, 1.807) is 37.3 Å². The van der Waals surface area contributed by atoms with Crippen LogP contribution in [0.25, 0.3) is 10.1 Å². The summed E-state index contributed by atoms with van der Waals surface area (Å²) in [4.78, 5) is 37.6. The average Bonchev–Trinajstić information content (AvgIpc) is 3.30. The zero-order valence-corrected chi connectivity index (χ0v) is 19.5. The minimum absolute atomic E-state index is 0.0690. The Kier molecular flexibility index (Phi) is 7.03. The van der Waals surface area contributed by atoms with Gasteiger partial charge in [-0.05, 0) is 46.9 Å². The summed E-state index contributed by atoms with van der Waals surface area (Å²) in [7, 11) is -3.99. The van der Waals surface area contributed by atoms with Gasteiger partial charge >= 0.3 is 0 Å². The van der Waals surface area contributed by atoms with Crippen molar-refractivity contribution >= 4 is 49.0 Å². The van der Waals surface area contributed by atoms with Crippen LogP contribution in [0.2, 0.25) is 0 Å². The van der Waals surface area contributed by atoms with Crippen molar-refractivity contribution < 1.29 is 28.0 Å². The van der Waals surface area contributed by atoms with Crippen molar-refractivity contribution in [3.8, 4) is 0 Å². The summed E-state index contributed by atoms with van der Waals surface area (Å²) in [5.41, 5.74) is 6.36. The molecule has 9 nitrogen and oxygen atoms in total. The van der Waals surface area contributed by atoms with Gasteiger partial charge in [0.2, 0.25) is 11.8 Å². The number of hydroxylamine groups is 1. The molecule has 2 atom stereocenters. The summed E-state index contributed by atoms with van der Waals surface area (Å²) in [6.07, 6.45) is -0.165. The first-order chi connectivity index (χ1) is 15.0.